The van der Waals surface area contributed by atoms with Gasteiger partial charge < -0.3 is 15.4 Å². The van der Waals surface area contributed by atoms with Gasteiger partial charge in [-0.05, 0) is 69.7 Å². The van der Waals surface area contributed by atoms with E-state index in [2.05, 4.69) is 12.1 Å². The normalized spacial score (nSPS) is 16.5. The molecule has 2 N–H and O–H groups in total. The number of piperidine rings is 1. The van der Waals surface area contributed by atoms with Gasteiger partial charge in [0.2, 0.25) is 0 Å². The Morgan fingerprint density at radius 3 is 2.52 bits per heavy atom. The summed E-state index contributed by atoms with van der Waals surface area (Å²) in [5, 5.41) is 0.812. The van der Waals surface area contributed by atoms with E-state index in [0.29, 0.717) is 25.6 Å². The fourth-order valence-corrected chi connectivity index (χ4v) is 3.28. The third-order valence-corrected chi connectivity index (χ3v) is 4.41. The molecule has 0 saturated carbocycles. The number of rotatable bonds is 3. The lowest BCUT2D eigenvalue weighted by atomic mass is 9.89. The maximum Gasteiger partial charge on any atom is 0.410 e. The number of hydrogen-bond acceptors (Lipinski definition) is 3. The number of likely N-dealkylation sites (tertiary alicyclic amines) is 1. The summed E-state index contributed by atoms with van der Waals surface area (Å²) >= 11 is 6.44. The van der Waals surface area contributed by atoms with Gasteiger partial charge >= 0.3 is 6.09 Å². The van der Waals surface area contributed by atoms with Crippen LogP contribution >= 0.6 is 11.6 Å². The van der Waals surface area contributed by atoms with E-state index in [0.717, 1.165) is 24.3 Å². The van der Waals surface area contributed by atoms with Crippen molar-refractivity contribution in [2.24, 2.45) is 5.73 Å². The molecule has 0 aromatic heterocycles. The quantitative estimate of drug-likeness (QED) is 0.907. The van der Waals surface area contributed by atoms with Gasteiger partial charge in [0.15, 0.2) is 0 Å². The third-order valence-electron chi connectivity index (χ3n) is 4.08. The lowest BCUT2D eigenvalue weighted by Crippen LogP contribution is -2.41. The summed E-state index contributed by atoms with van der Waals surface area (Å²) in [4.78, 5) is 13.9. The summed E-state index contributed by atoms with van der Waals surface area (Å²) in [6, 6.07) is 6.24. The van der Waals surface area contributed by atoms with E-state index in [9.17, 15) is 4.79 Å². The molecule has 1 fully saturated rings. The van der Waals surface area contributed by atoms with Crippen molar-refractivity contribution in [2.45, 2.75) is 51.6 Å². The van der Waals surface area contributed by atoms with Crippen molar-refractivity contribution >= 4 is 17.7 Å². The Bertz CT molecular complexity index is 546. The van der Waals surface area contributed by atoms with E-state index in [1.54, 1.807) is 4.90 Å². The van der Waals surface area contributed by atoms with E-state index in [1.807, 2.05) is 26.8 Å². The molecule has 0 unspecified atom stereocenters. The first-order valence-electron chi connectivity index (χ1n) is 8.26. The maximum absolute atomic E-state index is 12.1. The summed E-state index contributed by atoms with van der Waals surface area (Å²) in [7, 11) is 0. The minimum absolute atomic E-state index is 0.222. The van der Waals surface area contributed by atoms with E-state index in [-0.39, 0.29) is 6.09 Å². The van der Waals surface area contributed by atoms with Crippen LogP contribution in [0.2, 0.25) is 5.02 Å². The summed E-state index contributed by atoms with van der Waals surface area (Å²) < 4.78 is 5.43. The number of carbonyl (C=O) groups is 1. The Labute approximate surface area is 143 Å². The zero-order valence-electron chi connectivity index (χ0n) is 14.3. The standard InChI is InChI=1S/C18H27ClN2O2/c1-18(2,3)23-17(22)21-10-7-14(8-11-21)15-5-4-13(6-9-20)12-16(15)19/h4-5,12,14H,6-11,20H2,1-3H3. The Balaban J connectivity index is 1.95. The molecule has 0 atom stereocenters. The van der Waals surface area contributed by atoms with Gasteiger partial charge in [0, 0.05) is 18.1 Å². The first-order chi connectivity index (χ1) is 10.8. The van der Waals surface area contributed by atoms with Crippen LogP contribution in [0, 0.1) is 0 Å². The number of benzene rings is 1. The summed E-state index contributed by atoms with van der Waals surface area (Å²) in [5.41, 5.74) is 7.49. The first kappa shape index (κ1) is 18.1. The second-order valence-electron chi connectivity index (χ2n) is 7.14. The molecule has 2 rings (SSSR count). The van der Waals surface area contributed by atoms with Gasteiger partial charge in [0.05, 0.1) is 0 Å². The first-order valence-corrected chi connectivity index (χ1v) is 8.64. The maximum atomic E-state index is 12.1. The highest BCUT2D eigenvalue weighted by Gasteiger charge is 2.28. The summed E-state index contributed by atoms with van der Waals surface area (Å²) in [5.74, 6) is 0.396. The lowest BCUT2D eigenvalue weighted by molar-refractivity contribution is 0.0205. The number of hydrogen-bond donors (Lipinski definition) is 1. The molecule has 4 nitrogen and oxygen atoms in total. The molecule has 1 amide bonds. The van der Waals surface area contributed by atoms with Crippen LogP contribution < -0.4 is 5.73 Å². The topological polar surface area (TPSA) is 55.6 Å². The van der Waals surface area contributed by atoms with Gasteiger partial charge in [-0.15, -0.1) is 0 Å². The third kappa shape index (κ3) is 5.11. The molecule has 1 saturated heterocycles. The molecule has 1 aromatic carbocycles. The highest BCUT2D eigenvalue weighted by molar-refractivity contribution is 6.31. The minimum Gasteiger partial charge on any atom is -0.444 e. The lowest BCUT2D eigenvalue weighted by Gasteiger charge is -2.34. The van der Waals surface area contributed by atoms with Gasteiger partial charge in [0.1, 0.15) is 5.60 Å². The van der Waals surface area contributed by atoms with E-state index in [4.69, 9.17) is 22.1 Å². The Hall–Kier alpha value is -1.26. The van der Waals surface area contributed by atoms with E-state index in [1.165, 1.54) is 11.1 Å². The summed E-state index contributed by atoms with van der Waals surface area (Å²) in [6.07, 6.45) is 2.45. The number of ether oxygens (including phenoxy) is 1. The zero-order valence-corrected chi connectivity index (χ0v) is 15.0. The molecular weight excluding hydrogens is 312 g/mol. The average Bonchev–Trinajstić information content (AvgIpc) is 2.46. The van der Waals surface area contributed by atoms with Crippen LogP contribution in [-0.2, 0) is 11.2 Å². The summed E-state index contributed by atoms with van der Waals surface area (Å²) in [6.45, 7) is 7.71. The molecule has 23 heavy (non-hydrogen) atoms. The fraction of sp³-hybridized carbons (Fsp3) is 0.611. The van der Waals surface area contributed by atoms with Crippen LogP contribution in [-0.4, -0.2) is 36.2 Å². The minimum atomic E-state index is -0.448. The molecule has 0 aliphatic carbocycles. The molecule has 0 radical (unpaired) electrons. The predicted molar refractivity (Wildman–Crippen MR) is 94.0 cm³/mol. The van der Waals surface area contributed by atoms with E-state index >= 15 is 0 Å². The predicted octanol–water partition coefficient (Wildman–Crippen LogP) is 3.96. The Morgan fingerprint density at radius 1 is 1.35 bits per heavy atom. The van der Waals surface area contributed by atoms with Crippen LogP contribution in [0.25, 0.3) is 0 Å². The molecule has 1 aliphatic rings. The van der Waals surface area contributed by atoms with Crippen molar-refractivity contribution in [1.82, 2.24) is 4.90 Å². The highest BCUT2D eigenvalue weighted by atomic mass is 35.5. The largest absolute Gasteiger partial charge is 0.444 e. The van der Waals surface area contributed by atoms with Crippen LogP contribution in [0.3, 0.4) is 0 Å². The number of amides is 1. The van der Waals surface area contributed by atoms with Crippen molar-refractivity contribution < 1.29 is 9.53 Å². The second kappa shape index (κ2) is 7.54. The van der Waals surface area contributed by atoms with Gasteiger partial charge in [-0.25, -0.2) is 4.79 Å². The fourth-order valence-electron chi connectivity index (χ4n) is 2.92. The average molecular weight is 339 g/mol. The molecule has 1 aromatic rings. The van der Waals surface area contributed by atoms with Gasteiger partial charge in [-0.1, -0.05) is 23.7 Å². The van der Waals surface area contributed by atoms with Crippen molar-refractivity contribution in [2.75, 3.05) is 19.6 Å². The van der Waals surface area contributed by atoms with Gasteiger partial charge in [-0.2, -0.15) is 0 Å². The zero-order chi connectivity index (χ0) is 17.0. The molecule has 5 heteroatoms. The van der Waals surface area contributed by atoms with Crippen molar-refractivity contribution in [3.8, 4) is 0 Å². The highest BCUT2D eigenvalue weighted by Crippen LogP contribution is 2.33. The molecular formula is C18H27ClN2O2. The number of nitrogens with zero attached hydrogens (tertiary/aromatic N) is 1. The van der Waals surface area contributed by atoms with Crippen molar-refractivity contribution in [3.63, 3.8) is 0 Å². The molecule has 0 bridgehead atoms. The SMILES string of the molecule is CC(C)(C)OC(=O)N1CCC(c2ccc(CCN)cc2Cl)CC1. The number of nitrogens with two attached hydrogens (primary N) is 1. The van der Waals surface area contributed by atoms with Gasteiger partial charge in [-0.3, -0.25) is 0 Å². The smallest absolute Gasteiger partial charge is 0.410 e. The molecule has 1 aliphatic heterocycles. The van der Waals surface area contributed by atoms with Crippen LogP contribution in [0.15, 0.2) is 18.2 Å². The monoisotopic (exact) mass is 338 g/mol. The Morgan fingerprint density at radius 2 is 2.00 bits per heavy atom. The second-order valence-corrected chi connectivity index (χ2v) is 7.54. The Kier molecular flexibility index (Phi) is 5.93. The molecule has 128 valence electrons. The molecule has 1 heterocycles. The van der Waals surface area contributed by atoms with Crippen molar-refractivity contribution in [1.29, 1.82) is 0 Å². The van der Waals surface area contributed by atoms with Crippen LogP contribution in [0.4, 0.5) is 4.79 Å². The van der Waals surface area contributed by atoms with Crippen LogP contribution in [0.1, 0.15) is 50.7 Å². The van der Waals surface area contributed by atoms with Crippen LogP contribution in [0.5, 0.6) is 0 Å². The number of carbonyl (C=O) groups excluding carboxylic acids is 1. The van der Waals surface area contributed by atoms with Gasteiger partial charge in [0.25, 0.3) is 0 Å². The molecule has 0 spiro atoms. The number of halogens is 1. The van der Waals surface area contributed by atoms with Crippen molar-refractivity contribution in [3.05, 3.63) is 34.3 Å². The van der Waals surface area contributed by atoms with E-state index < -0.39 is 5.60 Å².